The van der Waals surface area contributed by atoms with E-state index in [1.807, 2.05) is 13.0 Å². The molecule has 21 heavy (non-hydrogen) atoms. The Morgan fingerprint density at radius 2 is 2.33 bits per heavy atom. The molecule has 0 aliphatic heterocycles. The van der Waals surface area contributed by atoms with Gasteiger partial charge in [-0.3, -0.25) is 4.79 Å². The average Bonchev–Trinajstić information content (AvgIpc) is 2.99. The van der Waals surface area contributed by atoms with E-state index in [1.54, 1.807) is 12.1 Å². The van der Waals surface area contributed by atoms with Crippen LogP contribution in [0.3, 0.4) is 0 Å². The van der Waals surface area contributed by atoms with Crippen LogP contribution in [-0.2, 0) is 6.42 Å². The molecule has 108 valence electrons. The zero-order chi connectivity index (χ0) is 15.1. The Morgan fingerprint density at radius 1 is 1.48 bits per heavy atom. The number of nitrogens with zero attached hydrogens (tertiary/aromatic N) is 2. The summed E-state index contributed by atoms with van der Waals surface area (Å²) in [6, 6.07) is 5.41. The molecule has 0 spiro atoms. The Hall–Kier alpha value is -2.65. The Labute approximate surface area is 122 Å². The van der Waals surface area contributed by atoms with Crippen LogP contribution in [0.5, 0.6) is 0 Å². The third-order valence-corrected chi connectivity index (χ3v) is 2.75. The number of benzene rings is 1. The molecule has 0 atom stereocenters. The maximum Gasteiger partial charge on any atom is 0.252 e. The van der Waals surface area contributed by atoms with Crippen molar-refractivity contribution in [2.45, 2.75) is 13.3 Å². The molecule has 0 radical (unpaired) electrons. The number of aliphatic hydroxyl groups is 1. The SMILES string of the molecule is Cc1ccc(C#CCO)c(C(=O)NCCc2ncno2)c1. The number of aromatic nitrogens is 2. The lowest BCUT2D eigenvalue weighted by molar-refractivity contribution is 0.0953. The standard InChI is InChI=1S/C15H15N3O3/c1-11-4-5-12(3-2-8-19)13(9-11)15(20)16-7-6-14-17-10-18-21-14/h4-5,9-10,19H,6-8H2,1H3,(H,16,20). The van der Waals surface area contributed by atoms with E-state index in [0.29, 0.717) is 30.0 Å². The predicted molar refractivity (Wildman–Crippen MR) is 75.5 cm³/mol. The van der Waals surface area contributed by atoms with E-state index in [1.165, 1.54) is 6.33 Å². The lowest BCUT2D eigenvalue weighted by Crippen LogP contribution is -2.26. The second-order valence-corrected chi connectivity index (χ2v) is 4.35. The molecule has 0 bridgehead atoms. The Kier molecular flexibility index (Phi) is 5.07. The summed E-state index contributed by atoms with van der Waals surface area (Å²) in [5, 5.41) is 15.0. The summed E-state index contributed by atoms with van der Waals surface area (Å²) >= 11 is 0. The van der Waals surface area contributed by atoms with Gasteiger partial charge in [0, 0.05) is 18.5 Å². The highest BCUT2D eigenvalue weighted by molar-refractivity contribution is 5.96. The molecule has 0 saturated heterocycles. The van der Waals surface area contributed by atoms with Gasteiger partial charge in [-0.05, 0) is 19.1 Å². The molecule has 0 unspecified atom stereocenters. The second-order valence-electron chi connectivity index (χ2n) is 4.35. The van der Waals surface area contributed by atoms with Gasteiger partial charge < -0.3 is 14.9 Å². The minimum absolute atomic E-state index is 0.222. The molecule has 0 fully saturated rings. The minimum atomic E-state index is -0.244. The van der Waals surface area contributed by atoms with Gasteiger partial charge in [0.15, 0.2) is 6.33 Å². The molecule has 1 aromatic heterocycles. The Morgan fingerprint density at radius 3 is 3.05 bits per heavy atom. The van der Waals surface area contributed by atoms with Crippen molar-refractivity contribution in [2.75, 3.05) is 13.2 Å². The second kappa shape index (κ2) is 7.22. The number of amides is 1. The van der Waals surface area contributed by atoms with Crippen molar-refractivity contribution in [3.63, 3.8) is 0 Å². The first-order valence-corrected chi connectivity index (χ1v) is 6.45. The molecular weight excluding hydrogens is 270 g/mol. The highest BCUT2D eigenvalue weighted by Crippen LogP contribution is 2.11. The topological polar surface area (TPSA) is 88.2 Å². The van der Waals surface area contributed by atoms with Gasteiger partial charge in [0.1, 0.15) is 6.61 Å². The third-order valence-electron chi connectivity index (χ3n) is 2.75. The molecule has 2 N–H and O–H groups in total. The first-order chi connectivity index (χ1) is 10.2. The molecule has 1 aromatic carbocycles. The molecule has 6 heteroatoms. The van der Waals surface area contributed by atoms with Crippen molar-refractivity contribution in [1.82, 2.24) is 15.5 Å². The lowest BCUT2D eigenvalue weighted by atomic mass is 10.0. The van der Waals surface area contributed by atoms with E-state index in [-0.39, 0.29) is 12.5 Å². The summed E-state index contributed by atoms with van der Waals surface area (Å²) in [7, 11) is 0. The maximum absolute atomic E-state index is 12.2. The van der Waals surface area contributed by atoms with Crippen LogP contribution in [-0.4, -0.2) is 34.3 Å². The molecule has 2 aromatic rings. The van der Waals surface area contributed by atoms with Crippen molar-refractivity contribution < 1.29 is 14.4 Å². The molecular formula is C15H15N3O3. The van der Waals surface area contributed by atoms with Crippen LogP contribution < -0.4 is 5.32 Å². The Balaban J connectivity index is 2.05. The predicted octanol–water partition coefficient (Wildman–Crippen LogP) is 0.694. The van der Waals surface area contributed by atoms with E-state index in [4.69, 9.17) is 9.63 Å². The smallest absolute Gasteiger partial charge is 0.252 e. The highest BCUT2D eigenvalue weighted by Gasteiger charge is 2.10. The van der Waals surface area contributed by atoms with Crippen LogP contribution >= 0.6 is 0 Å². The van der Waals surface area contributed by atoms with Gasteiger partial charge in [-0.1, -0.05) is 28.6 Å². The first kappa shape index (κ1) is 14.8. The van der Waals surface area contributed by atoms with E-state index in [2.05, 4.69) is 27.3 Å². The minimum Gasteiger partial charge on any atom is -0.384 e. The largest absolute Gasteiger partial charge is 0.384 e. The molecule has 2 rings (SSSR count). The first-order valence-electron chi connectivity index (χ1n) is 6.45. The molecule has 6 nitrogen and oxygen atoms in total. The van der Waals surface area contributed by atoms with Gasteiger partial charge in [-0.15, -0.1) is 0 Å². The summed E-state index contributed by atoms with van der Waals surface area (Å²) < 4.78 is 4.85. The number of rotatable bonds is 4. The van der Waals surface area contributed by atoms with Crippen LogP contribution in [0, 0.1) is 18.8 Å². The van der Waals surface area contributed by atoms with Gasteiger partial charge in [0.25, 0.3) is 5.91 Å². The molecule has 1 amide bonds. The van der Waals surface area contributed by atoms with Crippen LogP contribution in [0.25, 0.3) is 0 Å². The molecule has 0 aliphatic rings. The van der Waals surface area contributed by atoms with Crippen molar-refractivity contribution in [3.05, 3.63) is 47.1 Å². The van der Waals surface area contributed by atoms with Crippen LogP contribution in [0.4, 0.5) is 0 Å². The number of nitrogens with one attached hydrogen (secondary N) is 1. The third kappa shape index (κ3) is 4.16. The van der Waals surface area contributed by atoms with Gasteiger partial charge in [0.05, 0.1) is 5.56 Å². The van der Waals surface area contributed by atoms with E-state index in [9.17, 15) is 4.79 Å². The van der Waals surface area contributed by atoms with E-state index in [0.717, 1.165) is 5.56 Å². The van der Waals surface area contributed by atoms with E-state index < -0.39 is 0 Å². The fourth-order valence-corrected chi connectivity index (χ4v) is 1.77. The molecule has 0 aliphatic carbocycles. The number of aryl methyl sites for hydroxylation is 1. The van der Waals surface area contributed by atoms with Gasteiger partial charge in [-0.25, -0.2) is 0 Å². The van der Waals surface area contributed by atoms with Crippen molar-refractivity contribution in [3.8, 4) is 11.8 Å². The number of carbonyl (C=O) groups excluding carboxylic acids is 1. The van der Waals surface area contributed by atoms with Crippen molar-refractivity contribution >= 4 is 5.91 Å². The van der Waals surface area contributed by atoms with Gasteiger partial charge in [-0.2, -0.15) is 4.98 Å². The number of hydrogen-bond donors (Lipinski definition) is 2. The summed E-state index contributed by atoms with van der Waals surface area (Å²) in [4.78, 5) is 16.1. The lowest BCUT2D eigenvalue weighted by Gasteiger charge is -2.07. The normalized spacial score (nSPS) is 9.81. The number of carbonyl (C=O) groups is 1. The average molecular weight is 285 g/mol. The fraction of sp³-hybridized carbons (Fsp3) is 0.267. The summed E-state index contributed by atoms with van der Waals surface area (Å²) in [6.45, 7) is 2.05. The van der Waals surface area contributed by atoms with Crippen LogP contribution in [0.1, 0.15) is 27.4 Å². The van der Waals surface area contributed by atoms with E-state index >= 15 is 0 Å². The van der Waals surface area contributed by atoms with Gasteiger partial charge >= 0.3 is 0 Å². The summed E-state index contributed by atoms with van der Waals surface area (Å²) in [5.41, 5.74) is 2.04. The monoisotopic (exact) mass is 285 g/mol. The molecule has 1 heterocycles. The zero-order valence-electron chi connectivity index (χ0n) is 11.6. The number of aliphatic hydroxyl groups excluding tert-OH is 1. The zero-order valence-corrected chi connectivity index (χ0v) is 11.6. The van der Waals surface area contributed by atoms with Crippen molar-refractivity contribution in [1.29, 1.82) is 0 Å². The van der Waals surface area contributed by atoms with Gasteiger partial charge in [0.2, 0.25) is 5.89 Å². The summed E-state index contributed by atoms with van der Waals surface area (Å²) in [5.74, 6) is 5.57. The molecule has 0 saturated carbocycles. The van der Waals surface area contributed by atoms with Crippen LogP contribution in [0.2, 0.25) is 0 Å². The number of hydrogen-bond acceptors (Lipinski definition) is 5. The maximum atomic E-state index is 12.2. The van der Waals surface area contributed by atoms with Crippen LogP contribution in [0.15, 0.2) is 29.0 Å². The quantitative estimate of drug-likeness (QED) is 0.807. The fourth-order valence-electron chi connectivity index (χ4n) is 1.77. The Bertz CT molecular complexity index is 669. The van der Waals surface area contributed by atoms with Crippen molar-refractivity contribution in [2.24, 2.45) is 0 Å². The summed E-state index contributed by atoms with van der Waals surface area (Å²) in [6.07, 6.45) is 1.79. The highest BCUT2D eigenvalue weighted by atomic mass is 16.5.